The highest BCUT2D eigenvalue weighted by atomic mass is 32.1. The fourth-order valence-electron chi connectivity index (χ4n) is 2.69. The first-order chi connectivity index (χ1) is 9.39. The average Bonchev–Trinajstić information content (AvgIpc) is 2.74. The molecule has 20 heavy (non-hydrogen) atoms. The van der Waals surface area contributed by atoms with Crippen LogP contribution in [-0.4, -0.2) is 19.8 Å². The van der Waals surface area contributed by atoms with Gasteiger partial charge in [0.2, 0.25) is 6.54 Å². The highest BCUT2D eigenvalue weighted by Crippen LogP contribution is 2.35. The van der Waals surface area contributed by atoms with Crippen LogP contribution in [0.3, 0.4) is 0 Å². The van der Waals surface area contributed by atoms with Crippen LogP contribution in [0, 0.1) is 24.0 Å². The Morgan fingerprint density at radius 2 is 1.85 bits per heavy atom. The van der Waals surface area contributed by atoms with Crippen LogP contribution < -0.4 is 0 Å². The molecule has 114 valence electrons. The molecule has 1 atom stereocenters. The first-order valence-electron chi connectivity index (χ1n) is 7.23. The van der Waals surface area contributed by atoms with Crippen molar-refractivity contribution < 1.29 is 9.35 Å². The van der Waals surface area contributed by atoms with Gasteiger partial charge in [-0.2, -0.15) is 0 Å². The molecule has 0 fully saturated rings. The third kappa shape index (κ3) is 3.90. The van der Waals surface area contributed by atoms with Crippen LogP contribution in [0.15, 0.2) is 5.38 Å². The molecule has 0 aliphatic carbocycles. The molecule has 0 bridgehead atoms. The summed E-state index contributed by atoms with van der Waals surface area (Å²) >= 11 is 1.65. The van der Waals surface area contributed by atoms with E-state index >= 15 is 0 Å². The fourth-order valence-corrected chi connectivity index (χ4v) is 6.38. The van der Waals surface area contributed by atoms with Crippen LogP contribution >= 0.6 is 11.3 Å². The Morgan fingerprint density at radius 1 is 1.30 bits per heavy atom. The van der Waals surface area contributed by atoms with Crippen LogP contribution in [0.4, 0.5) is 0 Å². The molecule has 1 unspecified atom stereocenters. The quantitative estimate of drug-likeness (QED) is 0.397. The third-order valence-electron chi connectivity index (χ3n) is 4.18. The van der Waals surface area contributed by atoms with E-state index in [0.717, 1.165) is 34.1 Å². The molecule has 0 spiro atoms. The molecule has 1 heterocycles. The SMILES string of the molecule is CC[Si](CC)(CC)OC(C[N+](=O)[O-])c1c(C)csc1C. The molecule has 1 aromatic rings. The molecular weight excluding hydrogens is 290 g/mol. The average molecular weight is 316 g/mol. The van der Waals surface area contributed by atoms with E-state index in [1.54, 1.807) is 11.3 Å². The second-order valence-electron chi connectivity index (χ2n) is 5.25. The summed E-state index contributed by atoms with van der Waals surface area (Å²) in [6, 6.07) is 3.03. The van der Waals surface area contributed by atoms with Gasteiger partial charge in [-0.3, -0.25) is 10.1 Å². The summed E-state index contributed by atoms with van der Waals surface area (Å²) < 4.78 is 6.41. The van der Waals surface area contributed by atoms with Crippen LogP contribution in [0.1, 0.15) is 42.9 Å². The van der Waals surface area contributed by atoms with Crippen molar-refractivity contribution in [3.8, 4) is 0 Å². The number of aryl methyl sites for hydroxylation is 2. The second-order valence-corrected chi connectivity index (χ2v) is 11.1. The molecule has 4 nitrogen and oxygen atoms in total. The number of rotatable bonds is 8. The highest BCUT2D eigenvalue weighted by molar-refractivity contribution is 7.10. The van der Waals surface area contributed by atoms with Gasteiger partial charge in [-0.15, -0.1) is 11.3 Å². The van der Waals surface area contributed by atoms with Gasteiger partial charge < -0.3 is 4.43 Å². The van der Waals surface area contributed by atoms with Gasteiger partial charge >= 0.3 is 0 Å². The Bertz CT molecular complexity index is 430. The minimum absolute atomic E-state index is 0.132. The fraction of sp³-hybridized carbons (Fsp3) is 0.714. The molecule has 0 saturated carbocycles. The molecule has 0 amide bonds. The molecule has 1 aromatic heterocycles. The molecule has 0 saturated heterocycles. The van der Waals surface area contributed by atoms with E-state index in [1.807, 2.05) is 13.8 Å². The van der Waals surface area contributed by atoms with E-state index in [2.05, 4.69) is 26.2 Å². The van der Waals surface area contributed by atoms with Crippen molar-refractivity contribution in [3.05, 3.63) is 31.5 Å². The normalized spacial score (nSPS) is 13.4. The summed E-state index contributed by atoms with van der Waals surface area (Å²) in [5, 5.41) is 13.1. The van der Waals surface area contributed by atoms with E-state index in [9.17, 15) is 10.1 Å². The molecule has 0 aromatic carbocycles. The van der Waals surface area contributed by atoms with Crippen molar-refractivity contribution in [2.45, 2.75) is 58.9 Å². The summed E-state index contributed by atoms with van der Waals surface area (Å²) in [5.74, 6) is 0. The number of thiophene rings is 1. The van der Waals surface area contributed by atoms with Crippen molar-refractivity contribution in [3.63, 3.8) is 0 Å². The Hall–Kier alpha value is -0.723. The van der Waals surface area contributed by atoms with Crippen LogP contribution in [0.2, 0.25) is 18.1 Å². The number of hydrogen-bond donors (Lipinski definition) is 0. The van der Waals surface area contributed by atoms with Crippen LogP contribution in [0.5, 0.6) is 0 Å². The summed E-state index contributed by atoms with van der Waals surface area (Å²) in [6.07, 6.45) is -0.386. The first kappa shape index (κ1) is 17.3. The van der Waals surface area contributed by atoms with Gasteiger partial charge in [-0.05, 0) is 42.9 Å². The van der Waals surface area contributed by atoms with Gasteiger partial charge in [0.05, 0.1) is 0 Å². The maximum atomic E-state index is 11.0. The lowest BCUT2D eigenvalue weighted by molar-refractivity contribution is -0.490. The van der Waals surface area contributed by atoms with E-state index in [-0.39, 0.29) is 17.6 Å². The molecule has 6 heteroatoms. The van der Waals surface area contributed by atoms with E-state index in [4.69, 9.17) is 4.43 Å². The Kier molecular flexibility index (Phi) is 6.35. The topological polar surface area (TPSA) is 52.4 Å². The Morgan fingerprint density at radius 3 is 2.20 bits per heavy atom. The third-order valence-corrected chi connectivity index (χ3v) is 9.87. The predicted octanol–water partition coefficient (Wildman–Crippen LogP) is 4.70. The van der Waals surface area contributed by atoms with Crippen LogP contribution in [-0.2, 0) is 4.43 Å². The molecule has 1 rings (SSSR count). The molecule has 0 aliphatic heterocycles. The molecular formula is C14H25NO3SSi. The zero-order valence-corrected chi connectivity index (χ0v) is 14.9. The minimum atomic E-state index is -1.85. The maximum absolute atomic E-state index is 11.0. The lowest BCUT2D eigenvalue weighted by atomic mass is 10.1. The van der Waals surface area contributed by atoms with Crippen molar-refractivity contribution in [2.75, 3.05) is 6.54 Å². The zero-order chi connectivity index (χ0) is 15.3. The van der Waals surface area contributed by atoms with Gasteiger partial charge in [0.25, 0.3) is 0 Å². The van der Waals surface area contributed by atoms with Crippen molar-refractivity contribution in [2.24, 2.45) is 0 Å². The summed E-state index contributed by atoms with van der Waals surface area (Å²) in [7, 11) is -1.85. The predicted molar refractivity (Wildman–Crippen MR) is 86.7 cm³/mol. The standard InChI is InChI=1S/C14H25NO3SSi/c1-6-20(7-2,8-3)18-13(9-15(16)17)14-11(4)10-19-12(14)5/h10,13H,6-9H2,1-5H3. The van der Waals surface area contributed by atoms with Gasteiger partial charge in [-0.1, -0.05) is 20.8 Å². The molecule has 0 aliphatic rings. The first-order valence-corrected chi connectivity index (χ1v) is 10.6. The van der Waals surface area contributed by atoms with Gasteiger partial charge in [0.1, 0.15) is 6.10 Å². The Labute approximate surface area is 126 Å². The smallest absolute Gasteiger partial charge is 0.232 e. The van der Waals surface area contributed by atoms with E-state index in [0.29, 0.717) is 0 Å². The maximum Gasteiger partial charge on any atom is 0.232 e. The largest absolute Gasteiger partial charge is 0.404 e. The minimum Gasteiger partial charge on any atom is -0.404 e. The zero-order valence-electron chi connectivity index (χ0n) is 13.1. The van der Waals surface area contributed by atoms with Crippen LogP contribution in [0.25, 0.3) is 0 Å². The van der Waals surface area contributed by atoms with E-state index < -0.39 is 8.32 Å². The lowest BCUT2D eigenvalue weighted by Crippen LogP contribution is -2.39. The highest BCUT2D eigenvalue weighted by Gasteiger charge is 2.35. The van der Waals surface area contributed by atoms with Gasteiger partial charge in [0, 0.05) is 15.4 Å². The van der Waals surface area contributed by atoms with Crippen molar-refractivity contribution in [1.29, 1.82) is 0 Å². The lowest BCUT2D eigenvalue weighted by Gasteiger charge is -2.32. The molecule has 0 radical (unpaired) electrons. The Balaban J connectivity index is 3.10. The number of nitrogens with zero attached hydrogens (tertiary/aromatic N) is 1. The molecule has 0 N–H and O–H groups in total. The van der Waals surface area contributed by atoms with Gasteiger partial charge in [-0.25, -0.2) is 0 Å². The summed E-state index contributed by atoms with van der Waals surface area (Å²) in [4.78, 5) is 11.9. The van der Waals surface area contributed by atoms with E-state index in [1.165, 1.54) is 0 Å². The van der Waals surface area contributed by atoms with Gasteiger partial charge in [0.15, 0.2) is 8.32 Å². The van der Waals surface area contributed by atoms with Crippen molar-refractivity contribution in [1.82, 2.24) is 0 Å². The number of hydrogen-bond acceptors (Lipinski definition) is 4. The summed E-state index contributed by atoms with van der Waals surface area (Å²) in [6.45, 7) is 10.4. The number of nitro groups is 1. The second kappa shape index (κ2) is 7.33. The summed E-state index contributed by atoms with van der Waals surface area (Å²) in [5.41, 5.74) is 2.16. The monoisotopic (exact) mass is 315 g/mol. The van der Waals surface area contributed by atoms with Crippen molar-refractivity contribution >= 4 is 19.7 Å².